The first-order chi connectivity index (χ1) is 15.0. The van der Waals surface area contributed by atoms with E-state index in [-0.39, 0.29) is 17.7 Å². The molecule has 1 saturated heterocycles. The van der Waals surface area contributed by atoms with Crippen molar-refractivity contribution in [2.24, 2.45) is 5.92 Å². The van der Waals surface area contributed by atoms with E-state index in [2.05, 4.69) is 16.6 Å². The number of thiophene rings is 1. The van der Waals surface area contributed by atoms with Gasteiger partial charge in [-0.25, -0.2) is 0 Å². The van der Waals surface area contributed by atoms with Crippen LogP contribution < -0.4 is 0 Å². The fourth-order valence-corrected chi connectivity index (χ4v) is 5.40. The van der Waals surface area contributed by atoms with Crippen LogP contribution in [0.2, 0.25) is 5.02 Å². The first-order valence-electron chi connectivity index (χ1n) is 10.4. The number of carbonyl (C=O) groups is 2. The van der Waals surface area contributed by atoms with E-state index in [0.717, 1.165) is 6.42 Å². The minimum Gasteiger partial charge on any atom is -0.360 e. The maximum atomic E-state index is 13.3. The van der Waals surface area contributed by atoms with Gasteiger partial charge in [-0.15, -0.1) is 11.3 Å². The highest BCUT2D eigenvalue weighted by Gasteiger charge is 2.46. The molecule has 2 amide bonds. The zero-order valence-corrected chi connectivity index (χ0v) is 18.7. The van der Waals surface area contributed by atoms with Crippen LogP contribution in [0.15, 0.2) is 46.3 Å². The first-order valence-corrected chi connectivity index (χ1v) is 11.6. The molecule has 1 aliphatic heterocycles. The number of carbonyl (C=O) groups excluding carboxylic acids is 2. The second-order valence-electron chi connectivity index (χ2n) is 8.02. The zero-order valence-electron chi connectivity index (χ0n) is 17.1. The Kier molecular flexibility index (Phi) is 5.32. The van der Waals surface area contributed by atoms with Crippen LogP contribution in [-0.2, 0) is 4.79 Å². The molecule has 31 heavy (non-hydrogen) atoms. The van der Waals surface area contributed by atoms with Gasteiger partial charge >= 0.3 is 0 Å². The third-order valence-corrected chi connectivity index (χ3v) is 7.43. The van der Waals surface area contributed by atoms with Gasteiger partial charge in [-0.3, -0.25) is 9.59 Å². The zero-order chi connectivity index (χ0) is 21.5. The minimum absolute atomic E-state index is 0.0908. The summed E-state index contributed by atoms with van der Waals surface area (Å²) in [6.45, 7) is 3.81. The largest absolute Gasteiger partial charge is 0.360 e. The maximum absolute atomic E-state index is 13.3. The number of benzene rings is 1. The highest BCUT2D eigenvalue weighted by atomic mass is 35.5. The molecule has 3 heterocycles. The minimum atomic E-state index is -0.136. The van der Waals surface area contributed by atoms with E-state index in [9.17, 15) is 9.59 Å². The molecule has 2 fully saturated rings. The number of aromatic nitrogens is 1. The fourth-order valence-electron chi connectivity index (χ4n) is 4.27. The van der Waals surface area contributed by atoms with E-state index in [1.807, 2.05) is 29.2 Å². The summed E-state index contributed by atoms with van der Waals surface area (Å²) in [5, 5.41) is 6.68. The number of hydrogen-bond donors (Lipinski definition) is 0. The van der Waals surface area contributed by atoms with E-state index in [1.54, 1.807) is 29.2 Å². The molecule has 8 heteroatoms. The van der Waals surface area contributed by atoms with E-state index >= 15 is 0 Å². The summed E-state index contributed by atoms with van der Waals surface area (Å²) in [5.74, 6) is 1.00. The lowest BCUT2D eigenvalue weighted by molar-refractivity contribution is -0.134. The Morgan fingerprint density at radius 2 is 1.84 bits per heavy atom. The van der Waals surface area contributed by atoms with Crippen LogP contribution in [0.5, 0.6) is 0 Å². The van der Waals surface area contributed by atoms with Gasteiger partial charge < -0.3 is 14.3 Å². The van der Waals surface area contributed by atoms with Gasteiger partial charge in [0, 0.05) is 48.5 Å². The molecule has 0 radical (unpaired) electrons. The van der Waals surface area contributed by atoms with E-state index in [0.29, 0.717) is 59.7 Å². The molecule has 5 rings (SSSR count). The quantitative estimate of drug-likeness (QED) is 0.582. The summed E-state index contributed by atoms with van der Waals surface area (Å²) in [5.41, 5.74) is 1.57. The number of rotatable bonds is 4. The van der Waals surface area contributed by atoms with Crippen molar-refractivity contribution in [1.29, 1.82) is 0 Å². The molecule has 2 unspecified atom stereocenters. The number of aryl methyl sites for hydroxylation is 1. The van der Waals surface area contributed by atoms with Crippen molar-refractivity contribution >= 4 is 34.8 Å². The Morgan fingerprint density at radius 3 is 2.55 bits per heavy atom. The molecule has 0 bridgehead atoms. The smallest absolute Gasteiger partial charge is 0.259 e. The van der Waals surface area contributed by atoms with Gasteiger partial charge in [-0.2, -0.15) is 0 Å². The molecule has 1 aromatic carbocycles. The molecule has 3 aromatic rings. The predicted molar refractivity (Wildman–Crippen MR) is 119 cm³/mol. The van der Waals surface area contributed by atoms with Crippen LogP contribution in [0.4, 0.5) is 0 Å². The average molecular weight is 456 g/mol. The van der Waals surface area contributed by atoms with Gasteiger partial charge in [0.1, 0.15) is 17.0 Å². The molecular weight excluding hydrogens is 434 g/mol. The van der Waals surface area contributed by atoms with E-state index in [4.69, 9.17) is 16.1 Å². The maximum Gasteiger partial charge on any atom is 0.259 e. The number of nitrogens with zero attached hydrogens (tertiary/aromatic N) is 3. The van der Waals surface area contributed by atoms with Crippen molar-refractivity contribution in [3.05, 3.63) is 63.0 Å². The summed E-state index contributed by atoms with van der Waals surface area (Å²) in [6, 6.07) is 11.4. The van der Waals surface area contributed by atoms with E-state index in [1.165, 1.54) is 4.88 Å². The van der Waals surface area contributed by atoms with Crippen molar-refractivity contribution in [3.8, 4) is 11.3 Å². The Morgan fingerprint density at radius 1 is 1.10 bits per heavy atom. The van der Waals surface area contributed by atoms with Gasteiger partial charge in [0.15, 0.2) is 0 Å². The summed E-state index contributed by atoms with van der Waals surface area (Å²) in [4.78, 5) is 31.2. The predicted octanol–water partition coefficient (Wildman–Crippen LogP) is 4.45. The molecule has 2 aromatic heterocycles. The van der Waals surface area contributed by atoms with Crippen LogP contribution in [-0.4, -0.2) is 52.9 Å². The Labute approximate surface area is 189 Å². The molecule has 1 saturated carbocycles. The van der Waals surface area contributed by atoms with Crippen molar-refractivity contribution in [2.75, 3.05) is 26.2 Å². The van der Waals surface area contributed by atoms with Gasteiger partial charge in [0.05, 0.1) is 5.02 Å². The van der Waals surface area contributed by atoms with Gasteiger partial charge in [-0.1, -0.05) is 41.0 Å². The first kappa shape index (κ1) is 20.3. The van der Waals surface area contributed by atoms with Crippen molar-refractivity contribution < 1.29 is 14.1 Å². The summed E-state index contributed by atoms with van der Waals surface area (Å²) in [7, 11) is 0. The van der Waals surface area contributed by atoms with Crippen molar-refractivity contribution in [3.63, 3.8) is 0 Å². The Balaban J connectivity index is 1.26. The summed E-state index contributed by atoms with van der Waals surface area (Å²) >= 11 is 8.04. The topological polar surface area (TPSA) is 66.7 Å². The lowest BCUT2D eigenvalue weighted by Gasteiger charge is -2.35. The highest BCUT2D eigenvalue weighted by Crippen LogP contribution is 2.50. The average Bonchev–Trinajstić information content (AvgIpc) is 3.20. The number of amides is 2. The molecule has 2 aliphatic rings. The van der Waals surface area contributed by atoms with Gasteiger partial charge in [0.25, 0.3) is 5.91 Å². The van der Waals surface area contributed by atoms with Gasteiger partial charge in [-0.05, 0) is 30.9 Å². The Hall–Kier alpha value is -2.64. The van der Waals surface area contributed by atoms with Crippen molar-refractivity contribution in [1.82, 2.24) is 15.0 Å². The van der Waals surface area contributed by atoms with Crippen LogP contribution in [0.3, 0.4) is 0 Å². The van der Waals surface area contributed by atoms with Crippen molar-refractivity contribution in [2.45, 2.75) is 19.3 Å². The SMILES string of the molecule is Cc1onc(-c2ccccc2Cl)c1C(=O)N1CCN(C(=O)C2CC2c2cccs2)CC1. The summed E-state index contributed by atoms with van der Waals surface area (Å²) < 4.78 is 5.34. The third-order valence-electron chi connectivity index (χ3n) is 6.10. The van der Waals surface area contributed by atoms with Crippen LogP contribution in [0.25, 0.3) is 11.3 Å². The number of hydrogen-bond acceptors (Lipinski definition) is 5. The molecule has 0 spiro atoms. The van der Waals surface area contributed by atoms with Crippen LogP contribution in [0.1, 0.15) is 33.3 Å². The monoisotopic (exact) mass is 455 g/mol. The van der Waals surface area contributed by atoms with Gasteiger partial charge in [0.2, 0.25) is 5.91 Å². The summed E-state index contributed by atoms with van der Waals surface area (Å²) in [6.07, 6.45) is 0.930. The molecule has 160 valence electrons. The lowest BCUT2D eigenvalue weighted by atomic mass is 10.0. The molecule has 0 N–H and O–H groups in total. The van der Waals surface area contributed by atoms with E-state index < -0.39 is 0 Å². The second-order valence-corrected chi connectivity index (χ2v) is 9.41. The molecule has 2 atom stereocenters. The molecule has 1 aliphatic carbocycles. The number of piperazine rings is 1. The fraction of sp³-hybridized carbons (Fsp3) is 0.348. The third kappa shape index (κ3) is 3.77. The van der Waals surface area contributed by atoms with Crippen LogP contribution >= 0.6 is 22.9 Å². The second kappa shape index (κ2) is 8.13. The normalized spacial score (nSPS) is 20.7. The highest BCUT2D eigenvalue weighted by molar-refractivity contribution is 7.10. The molecule has 6 nitrogen and oxygen atoms in total. The van der Waals surface area contributed by atoms with Crippen LogP contribution in [0, 0.1) is 12.8 Å². The Bertz CT molecular complexity index is 1120. The lowest BCUT2D eigenvalue weighted by Crippen LogP contribution is -2.51. The standard InChI is InChI=1S/C23H22ClN3O3S/c1-14-20(21(25-30-14)15-5-2-3-6-18(15)24)23(29)27-10-8-26(9-11-27)22(28)17-13-16(17)19-7-4-12-31-19/h2-7,12,16-17H,8-11,13H2,1H3. The molecular formula is C23H22ClN3O3S. The number of halogens is 1.